The minimum absolute atomic E-state index is 0.0616. The number of ether oxygens (including phenoxy) is 3. The van der Waals surface area contributed by atoms with E-state index in [0.717, 1.165) is 32.1 Å². The molecule has 1 aliphatic rings. The molecule has 156 valence electrons. The van der Waals surface area contributed by atoms with Gasteiger partial charge in [0.1, 0.15) is 17.7 Å². The molecule has 1 aliphatic carbocycles. The van der Waals surface area contributed by atoms with Gasteiger partial charge in [0.2, 0.25) is 0 Å². The van der Waals surface area contributed by atoms with Crippen LogP contribution in [0.1, 0.15) is 85.0 Å². The Kier molecular flexibility index (Phi) is 10.2. The van der Waals surface area contributed by atoms with Gasteiger partial charge in [-0.1, -0.05) is 19.3 Å². The summed E-state index contributed by atoms with van der Waals surface area (Å²) in [4.78, 5) is 35.8. The molecular weight excluding hydrogens is 350 g/mol. The Hall–Kier alpha value is -1.79. The van der Waals surface area contributed by atoms with Crippen LogP contribution in [-0.2, 0) is 23.8 Å². The number of carbonyl (C=O) groups excluding carboxylic acids is 3. The molecule has 27 heavy (non-hydrogen) atoms. The highest BCUT2D eigenvalue weighted by molar-refractivity contribution is 5.81. The lowest BCUT2D eigenvalue weighted by Gasteiger charge is -2.26. The van der Waals surface area contributed by atoms with Crippen LogP contribution >= 0.6 is 0 Å². The minimum atomic E-state index is -0.736. The van der Waals surface area contributed by atoms with Crippen molar-refractivity contribution in [3.63, 3.8) is 0 Å². The quantitative estimate of drug-likeness (QED) is 0.368. The van der Waals surface area contributed by atoms with E-state index in [1.165, 1.54) is 13.5 Å². The molecule has 1 rings (SSSR count). The maximum atomic E-state index is 12.6. The minimum Gasteiger partial charge on any atom is -0.469 e. The summed E-state index contributed by atoms with van der Waals surface area (Å²) in [6.07, 6.45) is 7.32. The highest BCUT2D eigenvalue weighted by Crippen LogP contribution is 2.21. The van der Waals surface area contributed by atoms with Gasteiger partial charge < -0.3 is 19.5 Å². The van der Waals surface area contributed by atoms with E-state index < -0.39 is 23.7 Å². The Morgan fingerprint density at radius 1 is 1.04 bits per heavy atom. The molecule has 7 nitrogen and oxygen atoms in total. The second kappa shape index (κ2) is 11.8. The van der Waals surface area contributed by atoms with E-state index in [1.54, 1.807) is 20.8 Å². The summed E-state index contributed by atoms with van der Waals surface area (Å²) in [6.45, 7) is 5.32. The number of alkyl carbamates (subject to hydrolysis) is 1. The van der Waals surface area contributed by atoms with Gasteiger partial charge in [-0.2, -0.15) is 0 Å². The maximum absolute atomic E-state index is 12.6. The number of hydrogen-bond acceptors (Lipinski definition) is 6. The van der Waals surface area contributed by atoms with Crippen molar-refractivity contribution < 1.29 is 28.6 Å². The van der Waals surface area contributed by atoms with Crippen LogP contribution in [0.3, 0.4) is 0 Å². The summed E-state index contributed by atoms with van der Waals surface area (Å²) >= 11 is 0. The monoisotopic (exact) mass is 385 g/mol. The Labute approximate surface area is 162 Å². The molecule has 1 fully saturated rings. The first-order chi connectivity index (χ1) is 12.7. The maximum Gasteiger partial charge on any atom is 0.408 e. The molecule has 0 aliphatic heterocycles. The van der Waals surface area contributed by atoms with Crippen molar-refractivity contribution >= 4 is 18.0 Å². The number of carbonyl (C=O) groups is 3. The van der Waals surface area contributed by atoms with Crippen molar-refractivity contribution in [1.29, 1.82) is 0 Å². The standard InChI is InChI=1S/C20H35NO6/c1-20(2,3)27-19(24)21-16(13-9-6-10-14-17(22)25-4)18(23)26-15-11-7-5-8-12-15/h15-16H,5-14H2,1-4H3,(H,21,24)/t16-/m0/s1. The average Bonchev–Trinajstić information content (AvgIpc) is 2.59. The summed E-state index contributed by atoms with van der Waals surface area (Å²) in [5.74, 6) is -0.643. The van der Waals surface area contributed by atoms with Crippen molar-refractivity contribution in [3.05, 3.63) is 0 Å². The molecule has 0 aromatic rings. The Bertz CT molecular complexity index is 479. The fraction of sp³-hybridized carbons (Fsp3) is 0.850. The smallest absolute Gasteiger partial charge is 0.408 e. The third-order valence-corrected chi connectivity index (χ3v) is 4.41. The van der Waals surface area contributed by atoms with Crippen LogP contribution in [0.2, 0.25) is 0 Å². The molecule has 7 heteroatoms. The van der Waals surface area contributed by atoms with E-state index >= 15 is 0 Å². The van der Waals surface area contributed by atoms with Crippen LogP contribution in [-0.4, -0.2) is 42.9 Å². The fourth-order valence-corrected chi connectivity index (χ4v) is 3.02. The molecule has 1 atom stereocenters. The number of hydrogen-bond donors (Lipinski definition) is 1. The van der Waals surface area contributed by atoms with Crippen molar-refractivity contribution in [1.82, 2.24) is 5.32 Å². The zero-order chi connectivity index (χ0) is 20.3. The normalized spacial score (nSPS) is 16.3. The molecule has 0 heterocycles. The topological polar surface area (TPSA) is 90.9 Å². The van der Waals surface area contributed by atoms with E-state index in [1.807, 2.05) is 0 Å². The van der Waals surface area contributed by atoms with Crippen LogP contribution in [0.4, 0.5) is 4.79 Å². The molecule has 1 saturated carbocycles. The summed E-state index contributed by atoms with van der Waals surface area (Å²) < 4.78 is 15.5. The summed E-state index contributed by atoms with van der Waals surface area (Å²) in [5, 5.41) is 2.65. The van der Waals surface area contributed by atoms with Crippen molar-refractivity contribution in [2.24, 2.45) is 0 Å². The lowest BCUT2D eigenvalue weighted by Crippen LogP contribution is -2.45. The average molecular weight is 386 g/mol. The van der Waals surface area contributed by atoms with Gasteiger partial charge in [-0.25, -0.2) is 9.59 Å². The van der Waals surface area contributed by atoms with E-state index in [9.17, 15) is 14.4 Å². The molecule has 0 radical (unpaired) electrons. The van der Waals surface area contributed by atoms with Gasteiger partial charge in [-0.15, -0.1) is 0 Å². The number of esters is 2. The Morgan fingerprint density at radius 2 is 1.70 bits per heavy atom. The highest BCUT2D eigenvalue weighted by atomic mass is 16.6. The molecule has 1 N–H and O–H groups in total. The van der Waals surface area contributed by atoms with Crippen molar-refractivity contribution in [3.8, 4) is 0 Å². The molecule has 0 aromatic carbocycles. The first-order valence-corrected chi connectivity index (χ1v) is 9.98. The molecule has 1 amide bonds. The van der Waals surface area contributed by atoms with Crippen LogP contribution in [0, 0.1) is 0 Å². The van der Waals surface area contributed by atoms with Crippen LogP contribution in [0.5, 0.6) is 0 Å². The van der Waals surface area contributed by atoms with Crippen LogP contribution < -0.4 is 5.32 Å². The van der Waals surface area contributed by atoms with Gasteiger partial charge in [-0.05, 0) is 59.3 Å². The molecular formula is C20H35NO6. The lowest BCUT2D eigenvalue weighted by atomic mass is 9.97. The third kappa shape index (κ3) is 10.8. The predicted molar refractivity (Wildman–Crippen MR) is 101 cm³/mol. The zero-order valence-electron chi connectivity index (χ0n) is 17.2. The second-order valence-electron chi connectivity index (χ2n) is 8.07. The Balaban J connectivity index is 2.52. The van der Waals surface area contributed by atoms with E-state index in [0.29, 0.717) is 25.7 Å². The molecule has 0 saturated heterocycles. The third-order valence-electron chi connectivity index (χ3n) is 4.41. The Morgan fingerprint density at radius 3 is 2.30 bits per heavy atom. The predicted octanol–water partition coefficient (Wildman–Crippen LogP) is 3.88. The summed E-state index contributed by atoms with van der Waals surface area (Å²) in [5.41, 5.74) is -0.636. The van der Waals surface area contributed by atoms with Crippen LogP contribution in [0.15, 0.2) is 0 Å². The van der Waals surface area contributed by atoms with Gasteiger partial charge in [0.25, 0.3) is 0 Å². The number of amides is 1. The number of nitrogens with one attached hydrogen (secondary N) is 1. The molecule has 0 unspecified atom stereocenters. The lowest BCUT2D eigenvalue weighted by molar-refractivity contribution is -0.153. The summed E-state index contributed by atoms with van der Waals surface area (Å²) in [6, 6.07) is -0.736. The van der Waals surface area contributed by atoms with E-state index in [-0.39, 0.29) is 12.1 Å². The largest absolute Gasteiger partial charge is 0.469 e. The van der Waals surface area contributed by atoms with E-state index in [2.05, 4.69) is 10.1 Å². The first-order valence-electron chi connectivity index (χ1n) is 9.98. The van der Waals surface area contributed by atoms with Gasteiger partial charge in [0, 0.05) is 6.42 Å². The molecule has 0 spiro atoms. The molecule has 0 aromatic heterocycles. The van der Waals surface area contributed by atoms with E-state index in [4.69, 9.17) is 9.47 Å². The molecule has 0 bridgehead atoms. The zero-order valence-corrected chi connectivity index (χ0v) is 17.2. The van der Waals surface area contributed by atoms with Gasteiger partial charge in [-0.3, -0.25) is 4.79 Å². The van der Waals surface area contributed by atoms with Crippen LogP contribution in [0.25, 0.3) is 0 Å². The van der Waals surface area contributed by atoms with Crippen molar-refractivity contribution in [2.45, 2.75) is 103 Å². The highest BCUT2D eigenvalue weighted by Gasteiger charge is 2.27. The number of rotatable bonds is 9. The second-order valence-corrected chi connectivity index (χ2v) is 8.07. The first kappa shape index (κ1) is 23.2. The fourth-order valence-electron chi connectivity index (χ4n) is 3.02. The van der Waals surface area contributed by atoms with Crippen molar-refractivity contribution in [2.75, 3.05) is 7.11 Å². The SMILES string of the molecule is COC(=O)CCCCC[C@H](NC(=O)OC(C)(C)C)C(=O)OC1CCCCC1. The summed E-state index contributed by atoms with van der Waals surface area (Å²) in [7, 11) is 1.37. The number of unbranched alkanes of at least 4 members (excludes halogenated alkanes) is 2. The van der Waals surface area contributed by atoms with Gasteiger partial charge in [0.15, 0.2) is 0 Å². The van der Waals surface area contributed by atoms with Gasteiger partial charge >= 0.3 is 18.0 Å². The number of methoxy groups -OCH3 is 1. The van der Waals surface area contributed by atoms with Gasteiger partial charge in [0.05, 0.1) is 7.11 Å².